The van der Waals surface area contributed by atoms with Gasteiger partial charge in [0.15, 0.2) is 5.11 Å². The quantitative estimate of drug-likeness (QED) is 0.374. The summed E-state index contributed by atoms with van der Waals surface area (Å²) in [5.41, 5.74) is 3.51. The molecule has 0 saturated carbocycles. The number of thiocarbonyl (C=S) groups is 1. The maximum Gasteiger partial charge on any atom is 0.187 e. The second-order valence-electron chi connectivity index (χ2n) is 2.89. The predicted octanol–water partition coefficient (Wildman–Crippen LogP) is 2.32. The molecule has 2 N–H and O–H groups in total. The summed E-state index contributed by atoms with van der Waals surface area (Å²) in [5, 5.41) is 7.94. The van der Waals surface area contributed by atoms with Crippen molar-refractivity contribution in [1.29, 1.82) is 0 Å². The zero-order chi connectivity index (χ0) is 11.8. The molecule has 1 aromatic rings. The number of hydrogen-bond donors (Lipinski definition) is 2. The Hall–Kier alpha value is -1.39. The highest BCUT2D eigenvalue weighted by atomic mass is 35.5. The van der Waals surface area contributed by atoms with Crippen LogP contribution in [0.3, 0.4) is 0 Å². The smallest absolute Gasteiger partial charge is 0.187 e. The van der Waals surface area contributed by atoms with Crippen LogP contribution in [-0.2, 0) is 0 Å². The van der Waals surface area contributed by atoms with Gasteiger partial charge < -0.3 is 5.32 Å². The molecule has 0 atom stereocenters. The van der Waals surface area contributed by atoms with Crippen LogP contribution < -0.4 is 10.7 Å². The maximum atomic E-state index is 5.94. The molecule has 1 rings (SSSR count). The predicted molar refractivity (Wildman–Crippen MR) is 73.0 cm³/mol. The van der Waals surface area contributed by atoms with Crippen LogP contribution in [0.5, 0.6) is 0 Å². The van der Waals surface area contributed by atoms with E-state index in [1.54, 1.807) is 18.4 Å². The number of nitrogens with one attached hydrogen (secondary N) is 2. The van der Waals surface area contributed by atoms with E-state index in [1.807, 2.05) is 18.2 Å². The summed E-state index contributed by atoms with van der Waals surface area (Å²) in [6.45, 7) is 4.17. The van der Waals surface area contributed by atoms with Crippen LogP contribution in [-0.4, -0.2) is 17.9 Å². The standard InChI is InChI=1S/C11H12ClN3S/c1-2-7-13-11(16)15-14-8-9-5-3-4-6-10(9)12/h2-6,8H,1,7H2,(H2,13,15,16)/b14-8-. The largest absolute Gasteiger partial charge is 0.358 e. The van der Waals surface area contributed by atoms with Gasteiger partial charge in [-0.1, -0.05) is 35.9 Å². The van der Waals surface area contributed by atoms with E-state index >= 15 is 0 Å². The van der Waals surface area contributed by atoms with Gasteiger partial charge in [0.25, 0.3) is 0 Å². The Morgan fingerprint density at radius 2 is 2.25 bits per heavy atom. The minimum atomic E-state index is 0.447. The molecule has 0 bridgehead atoms. The van der Waals surface area contributed by atoms with Crippen LogP contribution >= 0.6 is 23.8 Å². The van der Waals surface area contributed by atoms with Crippen molar-refractivity contribution in [1.82, 2.24) is 10.7 Å². The molecule has 0 fully saturated rings. The molecule has 0 amide bonds. The van der Waals surface area contributed by atoms with Crippen LogP contribution in [0.4, 0.5) is 0 Å². The first-order valence-electron chi connectivity index (χ1n) is 4.66. The first-order valence-corrected chi connectivity index (χ1v) is 5.45. The van der Waals surface area contributed by atoms with Crippen molar-refractivity contribution in [3.8, 4) is 0 Å². The molecule has 16 heavy (non-hydrogen) atoms. The highest BCUT2D eigenvalue weighted by molar-refractivity contribution is 7.80. The van der Waals surface area contributed by atoms with Crippen LogP contribution in [0.1, 0.15) is 5.56 Å². The lowest BCUT2D eigenvalue weighted by atomic mass is 10.2. The molecule has 0 unspecified atom stereocenters. The third-order valence-electron chi connectivity index (χ3n) is 1.68. The summed E-state index contributed by atoms with van der Waals surface area (Å²) < 4.78 is 0. The van der Waals surface area contributed by atoms with E-state index in [9.17, 15) is 0 Å². The fourth-order valence-corrected chi connectivity index (χ4v) is 1.27. The van der Waals surface area contributed by atoms with E-state index in [1.165, 1.54) is 0 Å². The zero-order valence-electron chi connectivity index (χ0n) is 8.61. The van der Waals surface area contributed by atoms with Crippen molar-refractivity contribution in [3.63, 3.8) is 0 Å². The van der Waals surface area contributed by atoms with Crippen LogP contribution in [0, 0.1) is 0 Å². The van der Waals surface area contributed by atoms with Gasteiger partial charge in [-0.25, -0.2) is 0 Å². The Bertz CT molecular complexity index is 404. The summed E-state index contributed by atoms with van der Waals surface area (Å²) in [5.74, 6) is 0. The van der Waals surface area contributed by atoms with Crippen molar-refractivity contribution in [2.24, 2.45) is 5.10 Å². The summed E-state index contributed by atoms with van der Waals surface area (Å²) in [4.78, 5) is 0. The van der Waals surface area contributed by atoms with Crippen molar-refractivity contribution in [2.75, 3.05) is 6.54 Å². The Labute approximate surface area is 105 Å². The minimum absolute atomic E-state index is 0.447. The van der Waals surface area contributed by atoms with Gasteiger partial charge in [-0.2, -0.15) is 5.10 Å². The summed E-state index contributed by atoms with van der Waals surface area (Å²) in [6, 6.07) is 7.43. The number of halogens is 1. The number of hydrazone groups is 1. The van der Waals surface area contributed by atoms with Gasteiger partial charge in [0.05, 0.1) is 6.21 Å². The lowest BCUT2D eigenvalue weighted by molar-refractivity contribution is 0.942. The fourth-order valence-electron chi connectivity index (χ4n) is 0.945. The van der Waals surface area contributed by atoms with Gasteiger partial charge in [-0.05, 0) is 18.3 Å². The molecular weight excluding hydrogens is 242 g/mol. The van der Waals surface area contributed by atoms with Crippen molar-refractivity contribution in [2.45, 2.75) is 0 Å². The average Bonchev–Trinajstić information content (AvgIpc) is 2.29. The maximum absolute atomic E-state index is 5.94. The molecule has 0 aliphatic carbocycles. The lowest BCUT2D eigenvalue weighted by Crippen LogP contribution is -2.31. The van der Waals surface area contributed by atoms with Crippen LogP contribution in [0.2, 0.25) is 5.02 Å². The van der Waals surface area contributed by atoms with E-state index in [0.717, 1.165) is 5.56 Å². The molecule has 0 aromatic heterocycles. The fraction of sp³-hybridized carbons (Fsp3) is 0.0909. The Balaban J connectivity index is 2.46. The van der Waals surface area contributed by atoms with E-state index in [4.69, 9.17) is 23.8 Å². The topological polar surface area (TPSA) is 36.4 Å². The van der Waals surface area contributed by atoms with Gasteiger partial charge in [-0.15, -0.1) is 6.58 Å². The average molecular weight is 254 g/mol. The highest BCUT2D eigenvalue weighted by Gasteiger charge is 1.94. The molecule has 3 nitrogen and oxygen atoms in total. The SMILES string of the molecule is C=CCNC(=S)N/N=C\c1ccccc1Cl. The molecule has 0 heterocycles. The minimum Gasteiger partial charge on any atom is -0.358 e. The van der Waals surface area contributed by atoms with Crippen molar-refractivity contribution in [3.05, 3.63) is 47.5 Å². The Morgan fingerprint density at radius 3 is 2.94 bits per heavy atom. The number of rotatable bonds is 4. The van der Waals surface area contributed by atoms with E-state index in [0.29, 0.717) is 16.7 Å². The first kappa shape index (κ1) is 12.7. The normalized spacial score (nSPS) is 10.1. The monoisotopic (exact) mass is 253 g/mol. The second-order valence-corrected chi connectivity index (χ2v) is 3.71. The van der Waals surface area contributed by atoms with Crippen molar-refractivity contribution < 1.29 is 0 Å². The van der Waals surface area contributed by atoms with E-state index in [2.05, 4.69) is 22.4 Å². The Morgan fingerprint density at radius 1 is 1.50 bits per heavy atom. The number of benzene rings is 1. The van der Waals surface area contributed by atoms with Crippen molar-refractivity contribution >= 4 is 35.1 Å². The first-order chi connectivity index (χ1) is 7.74. The van der Waals surface area contributed by atoms with Crippen LogP contribution in [0.25, 0.3) is 0 Å². The number of hydrogen-bond acceptors (Lipinski definition) is 2. The molecule has 0 aliphatic heterocycles. The molecule has 0 saturated heterocycles. The molecule has 5 heteroatoms. The summed E-state index contributed by atoms with van der Waals surface area (Å²) in [7, 11) is 0. The summed E-state index contributed by atoms with van der Waals surface area (Å²) in [6.07, 6.45) is 3.33. The Kier molecular flexibility index (Phi) is 5.53. The van der Waals surface area contributed by atoms with E-state index in [-0.39, 0.29) is 0 Å². The summed E-state index contributed by atoms with van der Waals surface area (Å²) >= 11 is 10.9. The highest BCUT2D eigenvalue weighted by Crippen LogP contribution is 2.11. The number of nitrogens with zero attached hydrogens (tertiary/aromatic N) is 1. The molecule has 0 aliphatic rings. The molecular formula is C11H12ClN3S. The van der Waals surface area contributed by atoms with Gasteiger partial charge >= 0.3 is 0 Å². The van der Waals surface area contributed by atoms with Gasteiger partial charge in [0.2, 0.25) is 0 Å². The molecule has 0 spiro atoms. The zero-order valence-corrected chi connectivity index (χ0v) is 10.2. The third-order valence-corrected chi connectivity index (χ3v) is 2.26. The molecule has 1 aromatic carbocycles. The van der Waals surface area contributed by atoms with Gasteiger partial charge in [-0.3, -0.25) is 5.43 Å². The van der Waals surface area contributed by atoms with Gasteiger partial charge in [0.1, 0.15) is 0 Å². The second kappa shape index (κ2) is 6.98. The molecule has 84 valence electrons. The van der Waals surface area contributed by atoms with E-state index < -0.39 is 0 Å². The molecule has 0 radical (unpaired) electrons. The van der Waals surface area contributed by atoms with Gasteiger partial charge in [0, 0.05) is 17.1 Å². The third kappa shape index (κ3) is 4.42. The lowest BCUT2D eigenvalue weighted by Gasteiger charge is -2.03. The van der Waals surface area contributed by atoms with Crippen LogP contribution in [0.15, 0.2) is 42.0 Å².